The molecule has 0 radical (unpaired) electrons. The fraction of sp³-hybridized carbons (Fsp3) is 0.0909. The lowest BCUT2D eigenvalue weighted by Crippen LogP contribution is -2.16. The second-order valence-corrected chi connectivity index (χ2v) is 7.59. The van der Waals surface area contributed by atoms with E-state index in [0.29, 0.717) is 17.1 Å². The van der Waals surface area contributed by atoms with Crippen LogP contribution in [-0.4, -0.2) is 27.0 Å². The van der Waals surface area contributed by atoms with E-state index in [9.17, 15) is 13.2 Å². The summed E-state index contributed by atoms with van der Waals surface area (Å²) in [4.78, 5) is 14.1. The summed E-state index contributed by atoms with van der Waals surface area (Å²) in [5.74, 6) is -0.298. The minimum Gasteiger partial charge on any atom is -0.406 e. The van der Waals surface area contributed by atoms with Crippen molar-refractivity contribution in [3.8, 4) is 26.9 Å². The van der Waals surface area contributed by atoms with E-state index < -0.39 is 6.36 Å². The molecule has 0 bridgehead atoms. The Bertz CT molecular complexity index is 1220. The molecule has 0 fully saturated rings. The van der Waals surface area contributed by atoms with Crippen molar-refractivity contribution < 1.29 is 17.9 Å². The van der Waals surface area contributed by atoms with E-state index in [0.717, 1.165) is 21.1 Å². The Morgan fingerprint density at radius 1 is 1.03 bits per heavy atom. The molecule has 162 valence electrons. The summed E-state index contributed by atoms with van der Waals surface area (Å²) >= 11 is 1.51. The first-order chi connectivity index (χ1) is 15.4. The number of ether oxygens (including phenoxy) is 1. The number of hydrazone groups is 1. The SMILES string of the molecule is C/C(=N\Nc1ccc(OC(F)(F)F)cc1)c1cccc(-c2cnc(-c3cccnc3)s2)n1. The second kappa shape index (κ2) is 9.15. The molecule has 10 heteroatoms. The molecule has 3 heterocycles. The second-order valence-electron chi connectivity index (χ2n) is 6.56. The number of aromatic nitrogens is 3. The summed E-state index contributed by atoms with van der Waals surface area (Å²) in [5, 5.41) is 5.13. The van der Waals surface area contributed by atoms with Crippen LogP contribution in [0.1, 0.15) is 12.6 Å². The number of pyridine rings is 2. The predicted molar refractivity (Wildman–Crippen MR) is 118 cm³/mol. The van der Waals surface area contributed by atoms with Crippen molar-refractivity contribution in [1.82, 2.24) is 15.0 Å². The maximum atomic E-state index is 12.3. The molecule has 0 aliphatic heterocycles. The first-order valence-corrected chi connectivity index (χ1v) is 10.2. The van der Waals surface area contributed by atoms with Gasteiger partial charge in [0.05, 0.1) is 27.7 Å². The van der Waals surface area contributed by atoms with E-state index in [4.69, 9.17) is 0 Å². The van der Waals surface area contributed by atoms with Gasteiger partial charge < -0.3 is 4.74 Å². The number of anilines is 1. The van der Waals surface area contributed by atoms with Crippen LogP contribution in [0.5, 0.6) is 5.75 Å². The van der Waals surface area contributed by atoms with Gasteiger partial charge in [0.25, 0.3) is 0 Å². The number of hydrogen-bond acceptors (Lipinski definition) is 7. The lowest BCUT2D eigenvalue weighted by Gasteiger charge is -2.09. The summed E-state index contributed by atoms with van der Waals surface area (Å²) in [6.07, 6.45) is 0.520. The summed E-state index contributed by atoms with van der Waals surface area (Å²) in [7, 11) is 0. The number of nitrogens with one attached hydrogen (secondary N) is 1. The molecule has 0 aliphatic carbocycles. The summed E-state index contributed by atoms with van der Waals surface area (Å²) < 4.78 is 40.6. The fourth-order valence-corrected chi connectivity index (χ4v) is 3.60. The molecule has 0 atom stereocenters. The molecule has 1 N–H and O–H groups in total. The number of benzene rings is 1. The normalized spacial score (nSPS) is 11.9. The molecule has 4 aromatic rings. The van der Waals surface area contributed by atoms with E-state index in [-0.39, 0.29) is 5.75 Å². The number of halogens is 3. The van der Waals surface area contributed by atoms with Gasteiger partial charge in [0.1, 0.15) is 10.8 Å². The smallest absolute Gasteiger partial charge is 0.406 e. The van der Waals surface area contributed by atoms with Gasteiger partial charge >= 0.3 is 6.36 Å². The van der Waals surface area contributed by atoms with Crippen molar-refractivity contribution >= 4 is 22.7 Å². The highest BCUT2D eigenvalue weighted by Crippen LogP contribution is 2.30. The van der Waals surface area contributed by atoms with Gasteiger partial charge in [-0.3, -0.25) is 10.4 Å². The molecule has 3 aromatic heterocycles. The largest absolute Gasteiger partial charge is 0.573 e. The third kappa shape index (κ3) is 5.46. The monoisotopic (exact) mass is 455 g/mol. The van der Waals surface area contributed by atoms with Crippen molar-refractivity contribution in [2.24, 2.45) is 5.10 Å². The van der Waals surface area contributed by atoms with Crippen molar-refractivity contribution in [3.05, 3.63) is 78.9 Å². The van der Waals surface area contributed by atoms with Gasteiger partial charge in [-0.15, -0.1) is 24.5 Å². The average Bonchev–Trinajstić information content (AvgIpc) is 3.29. The minimum absolute atomic E-state index is 0.298. The Morgan fingerprint density at radius 3 is 2.56 bits per heavy atom. The maximum absolute atomic E-state index is 12.3. The van der Waals surface area contributed by atoms with Crippen LogP contribution in [0.3, 0.4) is 0 Å². The van der Waals surface area contributed by atoms with Gasteiger partial charge in [-0.2, -0.15) is 5.10 Å². The van der Waals surface area contributed by atoms with Gasteiger partial charge in [0.15, 0.2) is 0 Å². The van der Waals surface area contributed by atoms with Gasteiger partial charge in [-0.25, -0.2) is 9.97 Å². The van der Waals surface area contributed by atoms with Crippen LogP contribution in [0.15, 0.2) is 78.3 Å². The van der Waals surface area contributed by atoms with Gasteiger partial charge in [0, 0.05) is 24.2 Å². The average molecular weight is 455 g/mol. The molecule has 1 aromatic carbocycles. The highest BCUT2D eigenvalue weighted by molar-refractivity contribution is 7.18. The molecule has 0 spiro atoms. The predicted octanol–water partition coefficient (Wildman–Crippen LogP) is 6.00. The lowest BCUT2D eigenvalue weighted by atomic mass is 10.2. The quantitative estimate of drug-likeness (QED) is 0.285. The Labute approximate surface area is 185 Å². The Kier molecular flexibility index (Phi) is 6.13. The summed E-state index contributed by atoms with van der Waals surface area (Å²) in [5.41, 5.74) is 6.29. The van der Waals surface area contributed by atoms with Crippen LogP contribution >= 0.6 is 11.3 Å². The van der Waals surface area contributed by atoms with Crippen molar-refractivity contribution in [2.45, 2.75) is 13.3 Å². The fourth-order valence-electron chi connectivity index (χ4n) is 2.73. The lowest BCUT2D eigenvalue weighted by molar-refractivity contribution is -0.274. The molecule has 0 amide bonds. The van der Waals surface area contributed by atoms with Crippen molar-refractivity contribution in [1.29, 1.82) is 0 Å². The summed E-state index contributed by atoms with van der Waals surface area (Å²) in [6, 6.07) is 14.7. The van der Waals surface area contributed by atoms with Crippen LogP contribution in [0.2, 0.25) is 0 Å². The van der Waals surface area contributed by atoms with Crippen molar-refractivity contribution in [2.75, 3.05) is 5.43 Å². The first kappa shape index (κ1) is 21.4. The number of hydrogen-bond donors (Lipinski definition) is 1. The van der Waals surface area contributed by atoms with Crippen LogP contribution in [0.4, 0.5) is 18.9 Å². The molecule has 4 rings (SSSR count). The van der Waals surface area contributed by atoms with Crippen LogP contribution in [0.25, 0.3) is 21.1 Å². The van der Waals surface area contributed by atoms with E-state index in [1.54, 1.807) is 25.5 Å². The highest BCUT2D eigenvalue weighted by atomic mass is 32.1. The highest BCUT2D eigenvalue weighted by Gasteiger charge is 2.30. The number of thiazole rings is 1. The van der Waals surface area contributed by atoms with Gasteiger partial charge in [-0.05, 0) is 55.5 Å². The van der Waals surface area contributed by atoms with E-state index in [1.165, 1.54) is 35.6 Å². The molecule has 0 unspecified atom stereocenters. The summed E-state index contributed by atoms with van der Waals surface area (Å²) in [6.45, 7) is 1.79. The van der Waals surface area contributed by atoms with Gasteiger partial charge in [0.2, 0.25) is 0 Å². The number of nitrogens with zero attached hydrogens (tertiary/aromatic N) is 4. The Hall–Kier alpha value is -3.79. The van der Waals surface area contributed by atoms with E-state index in [1.807, 2.05) is 30.3 Å². The molecular weight excluding hydrogens is 439 g/mol. The molecule has 32 heavy (non-hydrogen) atoms. The third-order valence-corrected chi connectivity index (χ3v) is 5.30. The molecule has 0 aliphatic rings. The molecule has 0 saturated carbocycles. The van der Waals surface area contributed by atoms with Gasteiger partial charge in [-0.1, -0.05) is 6.07 Å². The Balaban J connectivity index is 1.47. The number of alkyl halides is 3. The van der Waals surface area contributed by atoms with E-state index in [2.05, 4.69) is 30.2 Å². The first-order valence-electron chi connectivity index (χ1n) is 9.37. The molecular formula is C22H16F3N5OS. The Morgan fingerprint density at radius 2 is 1.84 bits per heavy atom. The van der Waals surface area contributed by atoms with Crippen LogP contribution < -0.4 is 10.2 Å². The van der Waals surface area contributed by atoms with Crippen molar-refractivity contribution in [3.63, 3.8) is 0 Å². The standard InChI is InChI=1S/C22H16F3N5OS/c1-14(29-30-16-7-9-17(10-8-16)31-22(23,24)25)18-5-2-6-19(28-18)20-13-27-21(32-20)15-4-3-11-26-12-15/h2-13,30H,1H3/b29-14+. The van der Waals surface area contributed by atoms with Crippen LogP contribution in [0, 0.1) is 0 Å². The van der Waals surface area contributed by atoms with E-state index >= 15 is 0 Å². The topological polar surface area (TPSA) is 72.3 Å². The zero-order valence-electron chi connectivity index (χ0n) is 16.7. The third-order valence-electron chi connectivity index (χ3n) is 4.23. The zero-order chi connectivity index (χ0) is 22.6. The van der Waals surface area contributed by atoms with Crippen LogP contribution in [-0.2, 0) is 0 Å². The zero-order valence-corrected chi connectivity index (χ0v) is 17.5. The minimum atomic E-state index is -4.72. The molecule has 0 saturated heterocycles. The number of rotatable bonds is 6. The molecule has 6 nitrogen and oxygen atoms in total. The maximum Gasteiger partial charge on any atom is 0.573 e.